The Morgan fingerprint density at radius 3 is 2.23 bits per heavy atom. The van der Waals surface area contributed by atoms with Crippen LogP contribution in [0.1, 0.15) is 38.3 Å². The van der Waals surface area contributed by atoms with E-state index >= 15 is 0 Å². The van der Waals surface area contributed by atoms with Gasteiger partial charge in [-0.15, -0.1) is 0 Å². The maximum Gasteiger partial charge on any atom is 0.264 e. The molecule has 0 aliphatic rings. The predicted molar refractivity (Wildman–Crippen MR) is 151 cm³/mol. The second-order valence-electron chi connectivity index (χ2n) is 9.45. The van der Waals surface area contributed by atoms with Gasteiger partial charge in [0.15, 0.2) is 0 Å². The zero-order valence-corrected chi connectivity index (χ0v) is 24.0. The van der Waals surface area contributed by atoms with E-state index in [-0.39, 0.29) is 29.1 Å². The van der Waals surface area contributed by atoms with Crippen molar-refractivity contribution >= 4 is 39.1 Å². The molecule has 0 bridgehead atoms. The van der Waals surface area contributed by atoms with Crippen molar-refractivity contribution in [1.82, 2.24) is 10.2 Å². The summed E-state index contributed by atoms with van der Waals surface area (Å²) < 4.78 is 42.1. The van der Waals surface area contributed by atoms with Crippen molar-refractivity contribution in [3.63, 3.8) is 0 Å². The Morgan fingerprint density at radius 1 is 1.00 bits per heavy atom. The first-order chi connectivity index (χ1) is 18.4. The van der Waals surface area contributed by atoms with Gasteiger partial charge in [-0.05, 0) is 75.2 Å². The molecule has 10 heteroatoms. The number of aryl methyl sites for hydroxylation is 1. The molecule has 0 aliphatic carbocycles. The van der Waals surface area contributed by atoms with Gasteiger partial charge in [0.1, 0.15) is 18.4 Å². The predicted octanol–water partition coefficient (Wildman–Crippen LogP) is 5.31. The third kappa shape index (κ3) is 7.80. The van der Waals surface area contributed by atoms with Crippen LogP contribution in [0.25, 0.3) is 0 Å². The summed E-state index contributed by atoms with van der Waals surface area (Å²) in [5.41, 5.74) is 1.67. The number of anilines is 1. The Bertz CT molecular complexity index is 1400. The summed E-state index contributed by atoms with van der Waals surface area (Å²) in [4.78, 5) is 28.2. The third-order valence-corrected chi connectivity index (χ3v) is 8.44. The first-order valence-corrected chi connectivity index (χ1v) is 14.4. The molecule has 0 aromatic heterocycles. The van der Waals surface area contributed by atoms with Crippen molar-refractivity contribution in [2.45, 2.75) is 57.6 Å². The van der Waals surface area contributed by atoms with Gasteiger partial charge in [-0.1, -0.05) is 54.4 Å². The molecule has 0 saturated heterocycles. The molecular formula is C29H33ClFN3O4S. The quantitative estimate of drug-likeness (QED) is 0.337. The van der Waals surface area contributed by atoms with Crippen LogP contribution in [-0.2, 0) is 26.2 Å². The fourth-order valence-corrected chi connectivity index (χ4v) is 5.42. The molecule has 0 aliphatic heterocycles. The Hall–Kier alpha value is -3.43. The number of amides is 2. The summed E-state index contributed by atoms with van der Waals surface area (Å²) in [6, 6.07) is 17.0. The van der Waals surface area contributed by atoms with Crippen LogP contribution in [0.4, 0.5) is 10.1 Å². The lowest BCUT2D eigenvalue weighted by Crippen LogP contribution is -2.52. The normalized spacial score (nSPS) is 12.9. The Balaban J connectivity index is 2.02. The molecule has 39 heavy (non-hydrogen) atoms. The van der Waals surface area contributed by atoms with Crippen LogP contribution in [0.3, 0.4) is 0 Å². The van der Waals surface area contributed by atoms with E-state index in [0.717, 1.165) is 9.87 Å². The second kappa shape index (κ2) is 13.1. The molecule has 2 amide bonds. The molecule has 2 atom stereocenters. The Kier molecular flexibility index (Phi) is 10.1. The minimum atomic E-state index is -4.19. The smallest absolute Gasteiger partial charge is 0.264 e. The molecule has 1 N–H and O–H groups in total. The highest BCUT2D eigenvalue weighted by Crippen LogP contribution is 2.27. The van der Waals surface area contributed by atoms with Crippen molar-refractivity contribution in [2.75, 3.05) is 10.8 Å². The standard InChI is InChI=1S/C29H33ClFN3O4S/c1-5-21(3)32-29(36)22(4)33(18-23-11-13-25(31)14-12-23)28(35)19-34(26-8-6-7-24(30)17-26)39(37,38)27-15-9-20(2)10-16-27/h6-17,21-22H,5,18-19H2,1-4H3,(H,32,36)/t21-,22-/m1/s1. The van der Waals surface area contributed by atoms with Crippen molar-refractivity contribution < 1.29 is 22.4 Å². The van der Waals surface area contributed by atoms with Gasteiger partial charge in [0.25, 0.3) is 10.0 Å². The van der Waals surface area contributed by atoms with E-state index in [9.17, 15) is 22.4 Å². The molecule has 208 valence electrons. The van der Waals surface area contributed by atoms with Gasteiger partial charge < -0.3 is 10.2 Å². The SMILES string of the molecule is CC[C@@H](C)NC(=O)[C@@H](C)N(Cc1ccc(F)cc1)C(=O)CN(c1cccc(Cl)c1)S(=O)(=O)c1ccc(C)cc1. The molecule has 0 saturated carbocycles. The van der Waals surface area contributed by atoms with E-state index in [4.69, 9.17) is 11.6 Å². The average molecular weight is 574 g/mol. The van der Waals surface area contributed by atoms with Crippen LogP contribution >= 0.6 is 11.6 Å². The molecular weight excluding hydrogens is 541 g/mol. The number of nitrogens with zero attached hydrogens (tertiary/aromatic N) is 2. The van der Waals surface area contributed by atoms with Gasteiger partial charge in [0.2, 0.25) is 11.8 Å². The topological polar surface area (TPSA) is 86.8 Å². The fraction of sp³-hybridized carbons (Fsp3) is 0.310. The fourth-order valence-electron chi connectivity index (χ4n) is 3.83. The van der Waals surface area contributed by atoms with Crippen LogP contribution < -0.4 is 9.62 Å². The van der Waals surface area contributed by atoms with Crippen LogP contribution in [0.2, 0.25) is 5.02 Å². The minimum absolute atomic E-state index is 0.00789. The van der Waals surface area contributed by atoms with E-state index in [0.29, 0.717) is 17.0 Å². The average Bonchev–Trinajstić information content (AvgIpc) is 2.90. The highest BCUT2D eigenvalue weighted by Gasteiger charge is 2.32. The summed E-state index contributed by atoms with van der Waals surface area (Å²) in [6.45, 7) is 6.59. The van der Waals surface area contributed by atoms with Crippen LogP contribution in [-0.4, -0.2) is 43.8 Å². The number of carbonyl (C=O) groups is 2. The summed E-state index contributed by atoms with van der Waals surface area (Å²) >= 11 is 6.18. The Morgan fingerprint density at radius 2 is 1.64 bits per heavy atom. The maximum atomic E-state index is 13.8. The highest BCUT2D eigenvalue weighted by molar-refractivity contribution is 7.92. The number of halogens is 2. The first kappa shape index (κ1) is 30.1. The van der Waals surface area contributed by atoms with Crippen LogP contribution in [0.15, 0.2) is 77.7 Å². The summed E-state index contributed by atoms with van der Waals surface area (Å²) in [6.07, 6.45) is 0.696. The zero-order chi connectivity index (χ0) is 28.7. The lowest BCUT2D eigenvalue weighted by atomic mass is 10.1. The molecule has 0 unspecified atom stereocenters. The number of hydrogen-bond acceptors (Lipinski definition) is 4. The first-order valence-electron chi connectivity index (χ1n) is 12.6. The van der Waals surface area contributed by atoms with Crippen LogP contribution in [0, 0.1) is 12.7 Å². The lowest BCUT2D eigenvalue weighted by Gasteiger charge is -2.32. The number of sulfonamides is 1. The summed E-state index contributed by atoms with van der Waals surface area (Å²) in [5, 5.41) is 3.17. The summed E-state index contributed by atoms with van der Waals surface area (Å²) in [5.74, 6) is -1.42. The Labute approximate surface area is 234 Å². The van der Waals surface area contributed by atoms with Crippen molar-refractivity contribution in [2.24, 2.45) is 0 Å². The van der Waals surface area contributed by atoms with Gasteiger partial charge in [-0.2, -0.15) is 0 Å². The number of nitrogens with one attached hydrogen (secondary N) is 1. The van der Waals surface area contributed by atoms with Gasteiger partial charge in [-0.3, -0.25) is 13.9 Å². The van der Waals surface area contributed by atoms with Gasteiger partial charge >= 0.3 is 0 Å². The molecule has 3 aromatic carbocycles. The number of hydrogen-bond donors (Lipinski definition) is 1. The van der Waals surface area contributed by atoms with E-state index in [1.54, 1.807) is 37.3 Å². The second-order valence-corrected chi connectivity index (χ2v) is 11.7. The van der Waals surface area contributed by atoms with Crippen molar-refractivity contribution in [3.05, 3.63) is 94.8 Å². The number of benzene rings is 3. The van der Waals surface area contributed by atoms with E-state index in [1.165, 1.54) is 47.4 Å². The van der Waals surface area contributed by atoms with Crippen LogP contribution in [0.5, 0.6) is 0 Å². The molecule has 0 heterocycles. The molecule has 7 nitrogen and oxygen atoms in total. The molecule has 3 rings (SSSR count). The summed E-state index contributed by atoms with van der Waals surface area (Å²) in [7, 11) is -4.19. The van der Waals surface area contributed by atoms with Crippen molar-refractivity contribution in [1.29, 1.82) is 0 Å². The minimum Gasteiger partial charge on any atom is -0.352 e. The van der Waals surface area contributed by atoms with E-state index < -0.39 is 34.3 Å². The van der Waals surface area contributed by atoms with Gasteiger partial charge in [0.05, 0.1) is 10.6 Å². The van der Waals surface area contributed by atoms with Crippen molar-refractivity contribution in [3.8, 4) is 0 Å². The lowest BCUT2D eigenvalue weighted by molar-refractivity contribution is -0.139. The monoisotopic (exact) mass is 573 g/mol. The van der Waals surface area contributed by atoms with E-state index in [1.807, 2.05) is 20.8 Å². The molecule has 0 spiro atoms. The van der Waals surface area contributed by atoms with Gasteiger partial charge in [0, 0.05) is 17.6 Å². The number of carbonyl (C=O) groups excluding carboxylic acids is 2. The molecule has 0 fully saturated rings. The van der Waals surface area contributed by atoms with E-state index in [2.05, 4.69) is 5.32 Å². The zero-order valence-electron chi connectivity index (χ0n) is 22.4. The molecule has 3 aromatic rings. The maximum absolute atomic E-state index is 13.8. The third-order valence-electron chi connectivity index (χ3n) is 6.42. The number of rotatable bonds is 11. The molecule has 0 radical (unpaired) electrons. The largest absolute Gasteiger partial charge is 0.352 e. The highest BCUT2D eigenvalue weighted by atomic mass is 35.5. The van der Waals surface area contributed by atoms with Gasteiger partial charge in [-0.25, -0.2) is 12.8 Å².